The molecule has 0 radical (unpaired) electrons. The number of rotatable bonds is 7. The molecule has 0 saturated heterocycles. The van der Waals surface area contributed by atoms with Crippen LogP contribution in [0, 0.1) is 0 Å². The second-order valence-corrected chi connectivity index (χ2v) is 13.7. The molecule has 0 bridgehead atoms. The summed E-state index contributed by atoms with van der Waals surface area (Å²) in [5.74, 6) is -0.252. The lowest BCUT2D eigenvalue weighted by Gasteiger charge is -2.36. The average Bonchev–Trinajstić information content (AvgIpc) is 2.92. The van der Waals surface area contributed by atoms with Crippen molar-refractivity contribution in [3.05, 3.63) is 53.1 Å². The first-order valence-electron chi connectivity index (χ1n) is 9.44. The second kappa shape index (κ2) is 7.98. The summed E-state index contributed by atoms with van der Waals surface area (Å²) in [5.41, 5.74) is 2.00. The highest BCUT2D eigenvalue weighted by Crippen LogP contribution is 2.37. The minimum absolute atomic E-state index is 0.0499. The largest absolute Gasteiger partial charge is 0.476 e. The zero-order chi connectivity index (χ0) is 20.4. The normalized spacial score (nSPS) is 12.6. The monoisotopic (exact) mass is 388 g/mol. The first kappa shape index (κ1) is 21.4. The number of hydrogen-bond donors (Lipinski definition) is 1. The Bertz CT molecular complexity index is 790. The van der Waals surface area contributed by atoms with E-state index in [9.17, 15) is 9.90 Å². The molecule has 1 heterocycles. The molecule has 0 aliphatic rings. The molecule has 1 aromatic heterocycles. The molecule has 1 aromatic carbocycles. The number of carboxylic acid groups (broad SMARTS) is 1. The molecule has 0 spiro atoms. The van der Waals surface area contributed by atoms with Crippen LogP contribution < -0.4 is 0 Å². The lowest BCUT2D eigenvalue weighted by Crippen LogP contribution is -2.40. The van der Waals surface area contributed by atoms with Gasteiger partial charge in [-0.1, -0.05) is 65.0 Å². The zero-order valence-corrected chi connectivity index (χ0v) is 18.5. The standard InChI is InChI=1S/C21H32N2O3Si/c1-15(2)19-18(20(24)25)22-17(14-26-27(6,7)21(3,4)5)23(19)13-16-11-9-8-10-12-16/h8-12,15H,13-14H2,1-7H3,(H,24,25). The van der Waals surface area contributed by atoms with Crippen LogP contribution in [0.25, 0.3) is 0 Å². The van der Waals surface area contributed by atoms with E-state index in [4.69, 9.17) is 4.43 Å². The van der Waals surface area contributed by atoms with Crippen molar-refractivity contribution < 1.29 is 14.3 Å². The minimum atomic E-state index is -1.97. The lowest BCUT2D eigenvalue weighted by molar-refractivity contribution is 0.0689. The van der Waals surface area contributed by atoms with Crippen LogP contribution in [-0.2, 0) is 17.6 Å². The summed E-state index contributed by atoms with van der Waals surface area (Å²) < 4.78 is 8.37. The van der Waals surface area contributed by atoms with Crippen molar-refractivity contribution in [1.82, 2.24) is 9.55 Å². The van der Waals surface area contributed by atoms with E-state index in [0.717, 1.165) is 11.3 Å². The Morgan fingerprint density at radius 3 is 2.30 bits per heavy atom. The van der Waals surface area contributed by atoms with Gasteiger partial charge in [0.05, 0.1) is 12.3 Å². The summed E-state index contributed by atoms with van der Waals surface area (Å²) >= 11 is 0. The minimum Gasteiger partial charge on any atom is -0.476 e. The number of nitrogens with zero attached hydrogens (tertiary/aromatic N) is 2. The fourth-order valence-electron chi connectivity index (χ4n) is 2.77. The van der Waals surface area contributed by atoms with Crippen LogP contribution >= 0.6 is 0 Å². The Kier molecular flexibility index (Phi) is 6.32. The maximum absolute atomic E-state index is 11.8. The third-order valence-electron chi connectivity index (χ3n) is 5.39. The highest BCUT2D eigenvalue weighted by molar-refractivity contribution is 6.74. The summed E-state index contributed by atoms with van der Waals surface area (Å²) in [4.78, 5) is 16.3. The van der Waals surface area contributed by atoms with Gasteiger partial charge in [-0.3, -0.25) is 0 Å². The number of benzene rings is 1. The number of carboxylic acids is 1. The maximum Gasteiger partial charge on any atom is 0.356 e. The molecule has 0 aliphatic heterocycles. The van der Waals surface area contributed by atoms with Gasteiger partial charge in [0, 0.05) is 6.54 Å². The van der Waals surface area contributed by atoms with E-state index in [2.05, 4.69) is 38.8 Å². The molecule has 2 aromatic rings. The average molecular weight is 389 g/mol. The van der Waals surface area contributed by atoms with Gasteiger partial charge in [0.15, 0.2) is 14.0 Å². The third kappa shape index (κ3) is 4.87. The topological polar surface area (TPSA) is 64.3 Å². The smallest absolute Gasteiger partial charge is 0.356 e. The van der Waals surface area contributed by atoms with Crippen LogP contribution in [0.3, 0.4) is 0 Å². The van der Waals surface area contributed by atoms with Gasteiger partial charge in [0.2, 0.25) is 0 Å². The molecule has 2 rings (SSSR count). The first-order chi connectivity index (χ1) is 12.4. The lowest BCUT2D eigenvalue weighted by atomic mass is 10.1. The van der Waals surface area contributed by atoms with Crippen molar-refractivity contribution in [1.29, 1.82) is 0 Å². The van der Waals surface area contributed by atoms with Crippen molar-refractivity contribution in [2.75, 3.05) is 0 Å². The van der Waals surface area contributed by atoms with Crippen LogP contribution in [0.2, 0.25) is 18.1 Å². The zero-order valence-electron chi connectivity index (χ0n) is 17.5. The molecule has 1 N–H and O–H groups in total. The Morgan fingerprint density at radius 2 is 1.81 bits per heavy atom. The highest BCUT2D eigenvalue weighted by Gasteiger charge is 2.37. The Hall–Kier alpha value is -1.92. The van der Waals surface area contributed by atoms with Gasteiger partial charge in [-0.15, -0.1) is 0 Å². The summed E-state index contributed by atoms with van der Waals surface area (Å²) in [6.07, 6.45) is 0. The number of aromatic carboxylic acids is 1. The predicted octanol–water partition coefficient (Wildman–Crippen LogP) is 5.27. The van der Waals surface area contributed by atoms with E-state index in [0.29, 0.717) is 19.0 Å². The van der Waals surface area contributed by atoms with Crippen molar-refractivity contribution >= 4 is 14.3 Å². The summed E-state index contributed by atoms with van der Waals surface area (Å²) in [6.45, 7) is 15.9. The van der Waals surface area contributed by atoms with Gasteiger partial charge >= 0.3 is 5.97 Å². The van der Waals surface area contributed by atoms with E-state index in [1.807, 2.05) is 48.7 Å². The molecule has 27 heavy (non-hydrogen) atoms. The molecule has 0 atom stereocenters. The predicted molar refractivity (Wildman–Crippen MR) is 111 cm³/mol. The molecule has 0 aliphatic carbocycles. The van der Waals surface area contributed by atoms with Crippen LogP contribution in [0.1, 0.15) is 68.1 Å². The summed E-state index contributed by atoms with van der Waals surface area (Å²) in [5, 5.41) is 9.75. The molecular weight excluding hydrogens is 356 g/mol. The molecule has 5 nitrogen and oxygen atoms in total. The Labute approximate surface area is 163 Å². The van der Waals surface area contributed by atoms with Crippen molar-refractivity contribution in [2.45, 2.75) is 71.8 Å². The second-order valence-electron chi connectivity index (χ2n) is 8.84. The SMILES string of the molecule is CC(C)c1c(C(=O)O)nc(CO[Si](C)(C)C(C)(C)C)n1Cc1ccccc1. The van der Waals surface area contributed by atoms with Gasteiger partial charge < -0.3 is 14.1 Å². The van der Waals surface area contributed by atoms with Crippen molar-refractivity contribution in [2.24, 2.45) is 0 Å². The fourth-order valence-corrected chi connectivity index (χ4v) is 3.69. The molecule has 0 unspecified atom stereocenters. The van der Waals surface area contributed by atoms with E-state index < -0.39 is 14.3 Å². The van der Waals surface area contributed by atoms with Crippen molar-refractivity contribution in [3.8, 4) is 0 Å². The van der Waals surface area contributed by atoms with Gasteiger partial charge in [0.1, 0.15) is 5.82 Å². The molecule has 0 fully saturated rings. The van der Waals surface area contributed by atoms with Crippen LogP contribution in [0.4, 0.5) is 0 Å². The van der Waals surface area contributed by atoms with Gasteiger partial charge in [-0.05, 0) is 29.6 Å². The quantitative estimate of drug-likeness (QED) is 0.656. The van der Waals surface area contributed by atoms with E-state index >= 15 is 0 Å². The van der Waals surface area contributed by atoms with Gasteiger partial charge in [-0.2, -0.15) is 0 Å². The molecular formula is C21H32N2O3Si. The van der Waals surface area contributed by atoms with Gasteiger partial charge in [0.25, 0.3) is 0 Å². The number of hydrogen-bond acceptors (Lipinski definition) is 3. The Morgan fingerprint density at radius 1 is 1.22 bits per heavy atom. The van der Waals surface area contributed by atoms with Gasteiger partial charge in [-0.25, -0.2) is 9.78 Å². The summed E-state index contributed by atoms with van der Waals surface area (Å²) in [7, 11) is -1.97. The van der Waals surface area contributed by atoms with E-state index in [1.54, 1.807) is 0 Å². The van der Waals surface area contributed by atoms with Crippen molar-refractivity contribution in [3.63, 3.8) is 0 Å². The molecule has 148 valence electrons. The molecule has 0 saturated carbocycles. The van der Waals surface area contributed by atoms with Crippen LogP contribution in [0.5, 0.6) is 0 Å². The molecule has 0 amide bonds. The van der Waals surface area contributed by atoms with E-state index in [-0.39, 0.29) is 16.7 Å². The maximum atomic E-state index is 11.8. The van der Waals surface area contributed by atoms with Crippen LogP contribution in [-0.4, -0.2) is 28.9 Å². The molecule has 6 heteroatoms. The first-order valence-corrected chi connectivity index (χ1v) is 12.4. The van der Waals surface area contributed by atoms with E-state index in [1.165, 1.54) is 0 Å². The fraction of sp³-hybridized carbons (Fsp3) is 0.524. The number of imidazole rings is 1. The number of carbonyl (C=O) groups is 1. The van der Waals surface area contributed by atoms with Crippen LogP contribution in [0.15, 0.2) is 30.3 Å². The number of aromatic nitrogens is 2. The Balaban J connectivity index is 2.46. The summed E-state index contributed by atoms with van der Waals surface area (Å²) in [6, 6.07) is 10.0. The highest BCUT2D eigenvalue weighted by atomic mass is 28.4. The third-order valence-corrected chi connectivity index (χ3v) is 9.87.